The number of fused-ring (bicyclic) bond motifs is 2. The van der Waals surface area contributed by atoms with Gasteiger partial charge in [0.1, 0.15) is 22.2 Å². The first-order valence-corrected chi connectivity index (χ1v) is 15.0. The first kappa shape index (κ1) is 29.4. The third-order valence-electron chi connectivity index (χ3n) is 8.15. The van der Waals surface area contributed by atoms with Gasteiger partial charge in [-0.1, -0.05) is 101 Å². The number of nitrogens with zero attached hydrogens (tertiary/aromatic N) is 5. The summed E-state index contributed by atoms with van der Waals surface area (Å²) >= 11 is 0. The van der Waals surface area contributed by atoms with Crippen LogP contribution < -0.4 is 11.1 Å². The Hall–Kier alpha value is -6.35. The second-order valence-electron chi connectivity index (χ2n) is 11.2. The largest absolute Gasteiger partial charge is 0.355 e. The molecule has 0 fully saturated rings. The van der Waals surface area contributed by atoms with Crippen molar-refractivity contribution in [3.63, 3.8) is 0 Å². The minimum absolute atomic E-state index is 0.108. The molecule has 0 radical (unpaired) electrons. The molecule has 0 spiro atoms. The quantitative estimate of drug-likeness (QED) is 0.202. The van der Waals surface area contributed by atoms with Crippen LogP contribution in [0.3, 0.4) is 0 Å². The first-order chi connectivity index (χ1) is 22.9. The highest BCUT2D eigenvalue weighted by atomic mass is 16.5. The zero-order chi connectivity index (χ0) is 32.5. The molecule has 5 aromatic heterocycles. The van der Waals surface area contributed by atoms with Crippen molar-refractivity contribution in [1.29, 1.82) is 0 Å². The third-order valence-corrected chi connectivity index (χ3v) is 8.15. The van der Waals surface area contributed by atoms with Gasteiger partial charge in [0.15, 0.2) is 11.2 Å². The number of hydrogen-bond acceptors (Lipinski definition) is 7. The van der Waals surface area contributed by atoms with Gasteiger partial charge in [-0.05, 0) is 24.6 Å². The minimum Gasteiger partial charge on any atom is -0.355 e. The van der Waals surface area contributed by atoms with Crippen LogP contribution in [0.2, 0.25) is 0 Å². The monoisotopic (exact) mass is 619 g/mol. The number of hydrogen-bond donors (Lipinski definition) is 0. The Bertz CT molecular complexity index is 2460. The molecule has 47 heavy (non-hydrogen) atoms. The molecular formula is C38H29N5O4. The molecular weight excluding hydrogens is 590 g/mol. The lowest BCUT2D eigenvalue weighted by Crippen LogP contribution is -2.18. The summed E-state index contributed by atoms with van der Waals surface area (Å²) in [6, 6.07) is 34.7. The maximum Gasteiger partial charge on any atom is 0.264 e. The summed E-state index contributed by atoms with van der Waals surface area (Å²) in [5, 5.41) is 9.24. The number of benzene rings is 3. The average Bonchev–Trinajstić information content (AvgIpc) is 3.75. The van der Waals surface area contributed by atoms with E-state index in [0.717, 1.165) is 33.6 Å². The van der Waals surface area contributed by atoms with Crippen molar-refractivity contribution in [2.75, 3.05) is 0 Å². The van der Waals surface area contributed by atoms with Gasteiger partial charge in [-0.25, -0.2) is 0 Å². The third kappa shape index (κ3) is 5.44. The lowest BCUT2D eigenvalue weighted by molar-refractivity contribution is 0.459. The zero-order valence-electron chi connectivity index (χ0n) is 25.9. The fraction of sp³-hybridized carbons (Fsp3) is 0.0789. The Morgan fingerprint density at radius 2 is 0.957 bits per heavy atom. The molecule has 9 heteroatoms. The van der Waals surface area contributed by atoms with Crippen LogP contribution in [-0.4, -0.2) is 24.4 Å². The SMILES string of the molecule is Cc1ccc(-c2cc3onc(-c4ccccc4)c3c(=O)n2C)cc1.Cn1c(-c2ccncc2)cc2onc(-c3ccccc3)c2c1=O. The Kier molecular flexibility index (Phi) is 7.63. The molecule has 230 valence electrons. The molecule has 0 aliphatic carbocycles. The molecule has 8 aromatic rings. The Morgan fingerprint density at radius 3 is 1.40 bits per heavy atom. The molecule has 0 bridgehead atoms. The fourth-order valence-corrected chi connectivity index (χ4v) is 5.60. The smallest absolute Gasteiger partial charge is 0.264 e. The van der Waals surface area contributed by atoms with Crippen LogP contribution in [0.4, 0.5) is 0 Å². The maximum atomic E-state index is 12.9. The average molecular weight is 620 g/mol. The molecule has 9 nitrogen and oxygen atoms in total. The van der Waals surface area contributed by atoms with Crippen molar-refractivity contribution in [3.05, 3.63) is 148 Å². The molecule has 0 unspecified atom stereocenters. The molecule has 3 aromatic carbocycles. The number of rotatable bonds is 4. The van der Waals surface area contributed by atoms with Crippen molar-refractivity contribution in [2.45, 2.75) is 6.92 Å². The van der Waals surface area contributed by atoms with Crippen LogP contribution in [0.25, 0.3) is 67.0 Å². The summed E-state index contributed by atoms with van der Waals surface area (Å²) in [6.45, 7) is 2.04. The van der Waals surface area contributed by atoms with Crippen LogP contribution in [0.15, 0.2) is 140 Å². The number of aromatic nitrogens is 5. The standard InChI is InChI=1S/C20H16N2O2.C18H13N3O2/c1-13-8-10-14(11-9-13)16-12-17-18(20(23)22(16)2)19(21-24-17)15-6-4-3-5-7-15;1-21-14(12-7-9-19-10-8-12)11-15-16(18(21)22)17(20-23-15)13-5-3-2-4-6-13/h3-12H,1-2H3;2-11H,1H3. The van der Waals surface area contributed by atoms with Crippen molar-refractivity contribution >= 4 is 21.9 Å². The Balaban J connectivity index is 0.000000150. The van der Waals surface area contributed by atoms with E-state index in [2.05, 4.69) is 15.3 Å². The van der Waals surface area contributed by atoms with Gasteiger partial charge in [0.25, 0.3) is 11.1 Å². The minimum atomic E-state index is -0.130. The first-order valence-electron chi connectivity index (χ1n) is 15.0. The van der Waals surface area contributed by atoms with Gasteiger partial charge in [-0.15, -0.1) is 0 Å². The Labute approximate surface area is 269 Å². The van der Waals surface area contributed by atoms with E-state index >= 15 is 0 Å². The predicted octanol–water partition coefficient (Wildman–Crippen LogP) is 7.42. The van der Waals surface area contributed by atoms with E-state index in [0.29, 0.717) is 33.3 Å². The van der Waals surface area contributed by atoms with Crippen LogP contribution in [-0.2, 0) is 14.1 Å². The predicted molar refractivity (Wildman–Crippen MR) is 183 cm³/mol. The zero-order valence-corrected chi connectivity index (χ0v) is 25.9. The molecule has 5 heterocycles. The summed E-state index contributed by atoms with van der Waals surface area (Å²) in [7, 11) is 3.53. The van der Waals surface area contributed by atoms with Crippen LogP contribution in [0, 0.1) is 6.92 Å². The highest BCUT2D eigenvalue weighted by Crippen LogP contribution is 2.30. The molecule has 0 saturated heterocycles. The summed E-state index contributed by atoms with van der Waals surface area (Å²) in [4.78, 5) is 29.7. The molecule has 0 N–H and O–H groups in total. The Morgan fingerprint density at radius 1 is 0.532 bits per heavy atom. The van der Waals surface area contributed by atoms with Gasteiger partial charge in [-0.2, -0.15) is 0 Å². The van der Waals surface area contributed by atoms with Crippen molar-refractivity contribution in [3.8, 4) is 45.0 Å². The van der Waals surface area contributed by atoms with E-state index in [4.69, 9.17) is 9.05 Å². The molecule has 0 saturated carbocycles. The highest BCUT2D eigenvalue weighted by molar-refractivity contribution is 5.93. The second-order valence-corrected chi connectivity index (χ2v) is 11.2. The van der Waals surface area contributed by atoms with Crippen molar-refractivity contribution in [1.82, 2.24) is 24.4 Å². The second kappa shape index (κ2) is 12.2. The van der Waals surface area contributed by atoms with Gasteiger partial charge >= 0.3 is 0 Å². The van der Waals surface area contributed by atoms with Gasteiger partial charge < -0.3 is 18.2 Å². The topological polar surface area (TPSA) is 109 Å². The molecule has 0 amide bonds. The van der Waals surface area contributed by atoms with Gasteiger partial charge in [0, 0.05) is 55.3 Å². The van der Waals surface area contributed by atoms with Crippen LogP contribution in [0.5, 0.6) is 0 Å². The van der Waals surface area contributed by atoms with Crippen LogP contribution >= 0.6 is 0 Å². The molecule has 8 rings (SSSR count). The van der Waals surface area contributed by atoms with Gasteiger partial charge in [-0.3, -0.25) is 14.6 Å². The van der Waals surface area contributed by atoms with E-state index < -0.39 is 0 Å². The van der Waals surface area contributed by atoms with E-state index in [-0.39, 0.29) is 11.1 Å². The van der Waals surface area contributed by atoms with E-state index in [1.807, 2.05) is 116 Å². The fourth-order valence-electron chi connectivity index (χ4n) is 5.60. The molecule has 0 aliphatic heterocycles. The summed E-state index contributed by atoms with van der Waals surface area (Å²) in [6.07, 6.45) is 3.39. The van der Waals surface area contributed by atoms with E-state index in [9.17, 15) is 9.59 Å². The molecule has 0 aliphatic rings. The number of pyridine rings is 3. The van der Waals surface area contributed by atoms with Gasteiger partial charge in [0.2, 0.25) is 0 Å². The highest BCUT2D eigenvalue weighted by Gasteiger charge is 2.19. The molecule has 0 atom stereocenters. The lowest BCUT2D eigenvalue weighted by atomic mass is 10.1. The van der Waals surface area contributed by atoms with E-state index in [1.54, 1.807) is 35.6 Å². The number of aryl methyl sites for hydroxylation is 1. The van der Waals surface area contributed by atoms with Gasteiger partial charge in [0.05, 0.1) is 11.4 Å². The lowest BCUT2D eigenvalue weighted by Gasteiger charge is -2.08. The van der Waals surface area contributed by atoms with Crippen molar-refractivity contribution in [2.24, 2.45) is 14.1 Å². The van der Waals surface area contributed by atoms with E-state index in [1.165, 1.54) is 5.56 Å². The maximum absolute atomic E-state index is 12.9. The van der Waals surface area contributed by atoms with Crippen molar-refractivity contribution < 1.29 is 9.05 Å². The summed E-state index contributed by atoms with van der Waals surface area (Å²) in [5.74, 6) is 0. The summed E-state index contributed by atoms with van der Waals surface area (Å²) < 4.78 is 14.1. The normalized spacial score (nSPS) is 11.0. The van der Waals surface area contributed by atoms with Crippen LogP contribution in [0.1, 0.15) is 5.56 Å². The summed E-state index contributed by atoms with van der Waals surface area (Å²) in [5.41, 5.74) is 8.27.